The normalized spacial score (nSPS) is 14.4. The van der Waals surface area contributed by atoms with Crippen LogP contribution in [0.1, 0.15) is 0 Å². The molecule has 1 rings (SSSR count). The molecule has 0 aromatic heterocycles. The molecule has 20 valence electrons. The van der Waals surface area contributed by atoms with Gasteiger partial charge in [-0.2, -0.15) is 0 Å². The molecule has 0 unspecified atom stereocenters. The van der Waals surface area contributed by atoms with Crippen molar-refractivity contribution < 1.29 is 4.74 Å². The van der Waals surface area contributed by atoms with Crippen LogP contribution in [0.5, 0.6) is 0 Å². The van der Waals surface area contributed by atoms with Crippen LogP contribution in [-0.4, -0.2) is 72.3 Å². The van der Waals surface area contributed by atoms with Gasteiger partial charge >= 0.3 is 0 Å². The fraction of sp³-hybridized carbons (Fsp3) is 1.00. The zero-order chi connectivity index (χ0) is 2.12. The Labute approximate surface area is 76.0 Å². The number of ether oxygens (including phenoxy) is 1. The van der Waals surface area contributed by atoms with Crippen molar-refractivity contribution in [3.05, 3.63) is 0 Å². The van der Waals surface area contributed by atoms with Gasteiger partial charge in [0, 0.05) is 59.1 Å². The Bertz CT molecular complexity index is 12.4. The van der Waals surface area contributed by atoms with Gasteiger partial charge in [0.1, 0.15) is 0 Å². The summed E-state index contributed by atoms with van der Waals surface area (Å²) in [6, 6.07) is 0. The van der Waals surface area contributed by atoms with Crippen molar-refractivity contribution >= 4 is 59.1 Å². The van der Waals surface area contributed by atoms with Gasteiger partial charge in [-0.15, -0.1) is 0 Å². The van der Waals surface area contributed by atoms with E-state index in [0.717, 1.165) is 13.2 Å². The summed E-state index contributed by atoms with van der Waals surface area (Å²) in [6.45, 7) is 2.00. The Morgan fingerprint density at radius 2 is 1.20 bits per heavy atom. The van der Waals surface area contributed by atoms with Crippen LogP contribution < -0.4 is 0 Å². The van der Waals surface area contributed by atoms with Crippen LogP contribution in [-0.2, 0) is 4.74 Å². The number of rotatable bonds is 0. The van der Waals surface area contributed by atoms with Crippen LogP contribution in [0, 0.1) is 0 Å². The van der Waals surface area contributed by atoms with Crippen LogP contribution in [0.4, 0.5) is 0 Å². The first kappa shape index (κ1) is 10.0. The van der Waals surface area contributed by atoms with Crippen molar-refractivity contribution in [2.45, 2.75) is 0 Å². The van der Waals surface area contributed by atoms with E-state index >= 15 is 0 Å². The van der Waals surface area contributed by atoms with Crippen molar-refractivity contribution in [1.29, 1.82) is 0 Å². The predicted molar refractivity (Wildman–Crippen MR) is 22.3 cm³/mol. The molecule has 1 aliphatic rings. The summed E-state index contributed by atoms with van der Waals surface area (Å²) < 4.78 is 4.50. The average Bonchev–Trinajstić information content (AvgIpc) is 1.46. The van der Waals surface area contributed by atoms with Gasteiger partial charge in [-0.05, 0) is 0 Å². The van der Waals surface area contributed by atoms with E-state index in [1.807, 2.05) is 0 Å². The Kier molecular flexibility index (Phi) is 12.0. The molecule has 1 fully saturated rings. The molecule has 0 aliphatic carbocycles. The number of epoxide rings is 1. The van der Waals surface area contributed by atoms with E-state index in [9.17, 15) is 0 Å². The van der Waals surface area contributed by atoms with Gasteiger partial charge in [0.15, 0.2) is 0 Å². The van der Waals surface area contributed by atoms with Crippen molar-refractivity contribution in [2.24, 2.45) is 0 Å². The van der Waals surface area contributed by atoms with Gasteiger partial charge in [0.05, 0.1) is 13.2 Å². The summed E-state index contributed by atoms with van der Waals surface area (Å²) >= 11 is 0. The zero-order valence-electron chi connectivity index (χ0n) is 3.82. The van der Waals surface area contributed by atoms with E-state index in [1.54, 1.807) is 0 Å². The summed E-state index contributed by atoms with van der Waals surface area (Å²) in [5.74, 6) is 0. The second-order valence-corrected chi connectivity index (χ2v) is 0.612. The molecule has 0 bridgehead atoms. The van der Waals surface area contributed by atoms with E-state index in [2.05, 4.69) is 4.74 Å². The molecule has 3 heteroatoms. The average molecular weight is 90.0 g/mol. The molecule has 0 saturated carbocycles. The minimum atomic E-state index is 0. The van der Waals surface area contributed by atoms with Crippen molar-refractivity contribution in [3.63, 3.8) is 0 Å². The monoisotopic (exact) mass is 90.0 g/mol. The van der Waals surface area contributed by atoms with E-state index in [1.165, 1.54) is 0 Å². The topological polar surface area (TPSA) is 12.5 Å². The Balaban J connectivity index is 0. The van der Waals surface area contributed by atoms with Gasteiger partial charge in [-0.25, -0.2) is 0 Å². The predicted octanol–water partition coefficient (Wildman–Crippen LogP) is -0.745. The van der Waals surface area contributed by atoms with Gasteiger partial charge in [0.25, 0.3) is 0 Å². The third kappa shape index (κ3) is 10.7. The molecule has 1 heterocycles. The second kappa shape index (κ2) is 5.96. The summed E-state index contributed by atoms with van der Waals surface area (Å²) in [5, 5.41) is 0. The van der Waals surface area contributed by atoms with Crippen LogP contribution in [0.2, 0.25) is 0 Å². The van der Waals surface area contributed by atoms with Gasteiger partial charge in [-0.1, -0.05) is 0 Å². The Hall–Kier alpha value is 1.96. The quantitative estimate of drug-likeness (QED) is 0.282. The van der Waals surface area contributed by atoms with Crippen molar-refractivity contribution in [1.82, 2.24) is 0 Å². The molecular weight excluding hydrogens is 86.0 g/mol. The third-order valence-electron chi connectivity index (χ3n) is 0.204. The maximum atomic E-state index is 4.50. The molecule has 0 amide bonds. The maximum Gasteiger partial charge on any atom is 0.0701 e. The van der Waals surface area contributed by atoms with Gasteiger partial charge in [-0.3, -0.25) is 0 Å². The molecule has 0 spiro atoms. The first-order valence-electron chi connectivity index (χ1n) is 1.08. The Morgan fingerprint density at radius 1 is 1.00 bits per heavy atom. The largest absolute Gasteiger partial charge is 0.377 e. The van der Waals surface area contributed by atoms with Gasteiger partial charge in [0.2, 0.25) is 0 Å². The van der Waals surface area contributed by atoms with E-state index in [4.69, 9.17) is 0 Å². The number of hydrogen-bond acceptors (Lipinski definition) is 1. The molecule has 2 radical (unpaired) electrons. The van der Waals surface area contributed by atoms with E-state index in [0.29, 0.717) is 0 Å². The zero-order valence-corrected chi connectivity index (χ0v) is 7.82. The fourth-order valence-corrected chi connectivity index (χ4v) is 0. The summed E-state index contributed by atoms with van der Waals surface area (Å²) in [6.07, 6.45) is 0. The summed E-state index contributed by atoms with van der Waals surface area (Å²) in [4.78, 5) is 0. The van der Waals surface area contributed by atoms with Crippen LogP contribution in [0.25, 0.3) is 0 Å². The molecule has 1 aliphatic heterocycles. The van der Waals surface area contributed by atoms with Crippen molar-refractivity contribution in [2.75, 3.05) is 13.2 Å². The second-order valence-electron chi connectivity index (χ2n) is 0.612. The van der Waals surface area contributed by atoms with Crippen LogP contribution in [0.3, 0.4) is 0 Å². The molecule has 1 saturated heterocycles. The molecule has 0 atom stereocenters. The minimum absolute atomic E-state index is 0. The summed E-state index contributed by atoms with van der Waals surface area (Å²) in [7, 11) is 0. The standard InChI is InChI=1S/C2H4O.2Na/c1-2-3-1;;/h1-2H2;;. The fourth-order valence-electron chi connectivity index (χ4n) is 0. The van der Waals surface area contributed by atoms with E-state index < -0.39 is 0 Å². The van der Waals surface area contributed by atoms with Crippen molar-refractivity contribution in [3.8, 4) is 0 Å². The van der Waals surface area contributed by atoms with Crippen LogP contribution >= 0.6 is 0 Å². The number of hydrogen-bond donors (Lipinski definition) is 0. The van der Waals surface area contributed by atoms with Crippen LogP contribution in [0.15, 0.2) is 0 Å². The molecule has 5 heavy (non-hydrogen) atoms. The molecule has 0 aromatic rings. The van der Waals surface area contributed by atoms with E-state index in [-0.39, 0.29) is 59.1 Å². The first-order valence-corrected chi connectivity index (χ1v) is 1.08. The molecular formula is C2H4Na2O. The Morgan fingerprint density at radius 3 is 1.20 bits per heavy atom. The first-order chi connectivity index (χ1) is 1.50. The molecule has 0 N–H and O–H groups in total. The summed E-state index contributed by atoms with van der Waals surface area (Å²) in [5.41, 5.74) is 0. The molecule has 0 aromatic carbocycles. The smallest absolute Gasteiger partial charge is 0.0701 e. The third-order valence-corrected chi connectivity index (χ3v) is 0.204. The minimum Gasteiger partial charge on any atom is -0.377 e. The maximum absolute atomic E-state index is 4.50. The van der Waals surface area contributed by atoms with Gasteiger partial charge < -0.3 is 4.74 Å². The molecule has 1 nitrogen and oxygen atoms in total. The SMILES string of the molecule is C1CO1.[Na].[Na].